The zero-order chi connectivity index (χ0) is 10.4. The van der Waals surface area contributed by atoms with Crippen LogP contribution in [0.2, 0.25) is 0 Å². The van der Waals surface area contributed by atoms with Crippen LogP contribution >= 0.6 is 0 Å². The average molecular weight is 195 g/mol. The van der Waals surface area contributed by atoms with Gasteiger partial charge in [0.15, 0.2) is 0 Å². The quantitative estimate of drug-likeness (QED) is 0.588. The first-order chi connectivity index (χ1) is 6.77. The molecule has 0 saturated carbocycles. The van der Waals surface area contributed by atoms with Gasteiger partial charge < -0.3 is 14.7 Å². The summed E-state index contributed by atoms with van der Waals surface area (Å²) in [7, 11) is 1.47. The van der Waals surface area contributed by atoms with Crippen LogP contribution in [-0.4, -0.2) is 25.0 Å². The molecule has 0 aromatic heterocycles. The van der Waals surface area contributed by atoms with Crippen molar-refractivity contribution in [2.75, 3.05) is 13.7 Å². The van der Waals surface area contributed by atoms with Gasteiger partial charge in [-0.1, -0.05) is 5.16 Å². The van der Waals surface area contributed by atoms with E-state index in [0.29, 0.717) is 12.4 Å². The van der Waals surface area contributed by atoms with Crippen LogP contribution in [0.5, 0.6) is 11.5 Å². The monoisotopic (exact) mass is 195 g/mol. The average Bonchev–Trinajstić information content (AvgIpc) is 2.17. The van der Waals surface area contributed by atoms with Crippen molar-refractivity contribution >= 4 is 6.21 Å². The largest absolute Gasteiger partial charge is 0.508 e. The smallest absolute Gasteiger partial charge is 0.131 e. The lowest BCUT2D eigenvalue weighted by molar-refractivity contribution is 0.215. The van der Waals surface area contributed by atoms with Crippen molar-refractivity contribution in [3.05, 3.63) is 23.8 Å². The van der Waals surface area contributed by atoms with Gasteiger partial charge in [-0.05, 0) is 19.1 Å². The van der Waals surface area contributed by atoms with Crippen molar-refractivity contribution in [3.63, 3.8) is 0 Å². The number of rotatable bonds is 4. The molecule has 0 radical (unpaired) electrons. The summed E-state index contributed by atoms with van der Waals surface area (Å²) in [5.41, 5.74) is 0.770. The first kappa shape index (κ1) is 10.4. The van der Waals surface area contributed by atoms with E-state index in [9.17, 15) is 5.11 Å². The number of aromatic hydroxyl groups is 1. The topological polar surface area (TPSA) is 51.0 Å². The Morgan fingerprint density at radius 1 is 1.50 bits per heavy atom. The van der Waals surface area contributed by atoms with Gasteiger partial charge in [0, 0.05) is 11.6 Å². The van der Waals surface area contributed by atoms with Gasteiger partial charge >= 0.3 is 0 Å². The lowest BCUT2D eigenvalue weighted by Gasteiger charge is -2.06. The number of ether oxygens (including phenoxy) is 1. The van der Waals surface area contributed by atoms with Crippen molar-refractivity contribution in [3.8, 4) is 11.5 Å². The fourth-order valence-electron chi connectivity index (χ4n) is 1.02. The van der Waals surface area contributed by atoms with Crippen molar-refractivity contribution in [2.45, 2.75) is 6.92 Å². The number of phenolic OH excluding ortho intramolecular Hbond substituents is 1. The van der Waals surface area contributed by atoms with Gasteiger partial charge in [0.2, 0.25) is 0 Å². The van der Waals surface area contributed by atoms with Gasteiger partial charge in [-0.2, -0.15) is 0 Å². The zero-order valence-corrected chi connectivity index (χ0v) is 8.23. The van der Waals surface area contributed by atoms with E-state index in [-0.39, 0.29) is 5.75 Å². The molecule has 0 unspecified atom stereocenters. The molecule has 1 aromatic carbocycles. The Labute approximate surface area is 82.8 Å². The minimum absolute atomic E-state index is 0.169. The molecule has 0 atom stereocenters. The Kier molecular flexibility index (Phi) is 3.79. The molecule has 0 saturated heterocycles. The summed E-state index contributed by atoms with van der Waals surface area (Å²) < 4.78 is 5.31. The fourth-order valence-corrected chi connectivity index (χ4v) is 1.02. The Hall–Kier alpha value is -1.71. The van der Waals surface area contributed by atoms with E-state index in [4.69, 9.17) is 4.74 Å². The van der Waals surface area contributed by atoms with Gasteiger partial charge in [-0.15, -0.1) is 0 Å². The van der Waals surface area contributed by atoms with Gasteiger partial charge in [-0.3, -0.25) is 0 Å². The van der Waals surface area contributed by atoms with E-state index in [1.165, 1.54) is 13.3 Å². The van der Waals surface area contributed by atoms with E-state index >= 15 is 0 Å². The Morgan fingerprint density at radius 2 is 2.29 bits per heavy atom. The summed E-state index contributed by atoms with van der Waals surface area (Å²) >= 11 is 0. The second kappa shape index (κ2) is 5.11. The molecular weight excluding hydrogens is 182 g/mol. The molecule has 0 bridgehead atoms. The number of nitrogens with zero attached hydrogens (tertiary/aromatic N) is 1. The number of hydrogen-bond acceptors (Lipinski definition) is 4. The summed E-state index contributed by atoms with van der Waals surface area (Å²) in [6.45, 7) is 2.42. The first-order valence-corrected chi connectivity index (χ1v) is 4.30. The predicted octanol–water partition coefficient (Wildman–Crippen LogP) is 1.77. The third-order valence-corrected chi connectivity index (χ3v) is 1.59. The number of oxime groups is 1. The maximum absolute atomic E-state index is 9.23. The lowest BCUT2D eigenvalue weighted by Crippen LogP contribution is -1.95. The van der Waals surface area contributed by atoms with Crippen LogP contribution in [-0.2, 0) is 4.84 Å². The van der Waals surface area contributed by atoms with Crippen LogP contribution in [0.25, 0.3) is 0 Å². The number of hydrogen-bond donors (Lipinski definition) is 1. The SMILES string of the molecule is CCOc1cc(O)ccc1C=NOC. The summed E-state index contributed by atoms with van der Waals surface area (Å²) in [5, 5.41) is 12.9. The molecule has 1 N–H and O–H groups in total. The van der Waals surface area contributed by atoms with E-state index in [0.717, 1.165) is 5.56 Å². The lowest BCUT2D eigenvalue weighted by atomic mass is 10.2. The van der Waals surface area contributed by atoms with Crippen molar-refractivity contribution in [1.82, 2.24) is 0 Å². The molecule has 1 rings (SSSR count). The van der Waals surface area contributed by atoms with E-state index in [1.807, 2.05) is 6.92 Å². The molecule has 0 aliphatic carbocycles. The molecule has 0 fully saturated rings. The normalized spacial score (nSPS) is 10.4. The highest BCUT2D eigenvalue weighted by molar-refractivity contribution is 5.83. The summed E-state index contributed by atoms with van der Waals surface area (Å²) in [5.74, 6) is 0.760. The Balaban J connectivity index is 2.95. The summed E-state index contributed by atoms with van der Waals surface area (Å²) in [6.07, 6.45) is 1.53. The maximum atomic E-state index is 9.23. The number of phenols is 1. The molecule has 4 nitrogen and oxygen atoms in total. The van der Waals surface area contributed by atoms with Crippen LogP contribution in [0.3, 0.4) is 0 Å². The molecule has 14 heavy (non-hydrogen) atoms. The molecule has 0 aliphatic rings. The van der Waals surface area contributed by atoms with Gasteiger partial charge in [0.05, 0.1) is 12.8 Å². The van der Waals surface area contributed by atoms with Crippen molar-refractivity contribution < 1.29 is 14.7 Å². The standard InChI is InChI=1S/C10H13NO3/c1-3-14-10-6-9(12)5-4-8(10)7-11-13-2/h4-7,12H,3H2,1-2H3. The molecule has 1 aromatic rings. The van der Waals surface area contributed by atoms with Gasteiger partial charge in [-0.25, -0.2) is 0 Å². The highest BCUT2D eigenvalue weighted by Crippen LogP contribution is 2.22. The van der Waals surface area contributed by atoms with Crippen molar-refractivity contribution in [2.24, 2.45) is 5.16 Å². The van der Waals surface area contributed by atoms with E-state index in [1.54, 1.807) is 18.2 Å². The molecular formula is C10H13NO3. The first-order valence-electron chi connectivity index (χ1n) is 4.30. The molecule has 76 valence electrons. The van der Waals surface area contributed by atoms with E-state index in [2.05, 4.69) is 9.99 Å². The molecule has 4 heteroatoms. The van der Waals surface area contributed by atoms with Gasteiger partial charge in [0.1, 0.15) is 18.6 Å². The van der Waals surface area contributed by atoms with Crippen LogP contribution in [0.4, 0.5) is 0 Å². The minimum atomic E-state index is 0.169. The Morgan fingerprint density at radius 3 is 2.93 bits per heavy atom. The Bertz CT molecular complexity index is 323. The van der Waals surface area contributed by atoms with Crippen LogP contribution in [0.1, 0.15) is 12.5 Å². The highest BCUT2D eigenvalue weighted by Gasteiger charge is 2.02. The molecule has 0 amide bonds. The molecule has 0 spiro atoms. The van der Waals surface area contributed by atoms with Crippen LogP contribution < -0.4 is 4.74 Å². The number of benzene rings is 1. The van der Waals surface area contributed by atoms with Crippen molar-refractivity contribution in [1.29, 1.82) is 0 Å². The highest BCUT2D eigenvalue weighted by atomic mass is 16.6. The third kappa shape index (κ3) is 2.65. The third-order valence-electron chi connectivity index (χ3n) is 1.59. The fraction of sp³-hybridized carbons (Fsp3) is 0.300. The minimum Gasteiger partial charge on any atom is -0.508 e. The summed E-state index contributed by atoms with van der Waals surface area (Å²) in [6, 6.07) is 4.82. The second-order valence-electron chi connectivity index (χ2n) is 2.57. The molecule has 0 aliphatic heterocycles. The van der Waals surface area contributed by atoms with Gasteiger partial charge in [0.25, 0.3) is 0 Å². The predicted molar refractivity (Wildman–Crippen MR) is 53.9 cm³/mol. The van der Waals surface area contributed by atoms with E-state index < -0.39 is 0 Å². The molecule has 0 heterocycles. The van der Waals surface area contributed by atoms with Crippen LogP contribution in [0, 0.1) is 0 Å². The second-order valence-corrected chi connectivity index (χ2v) is 2.57. The van der Waals surface area contributed by atoms with Crippen LogP contribution in [0.15, 0.2) is 23.4 Å². The summed E-state index contributed by atoms with van der Waals surface area (Å²) in [4.78, 5) is 4.56. The zero-order valence-electron chi connectivity index (χ0n) is 8.23. The maximum Gasteiger partial charge on any atom is 0.131 e.